The molecule has 0 saturated carbocycles. The third-order valence-electron chi connectivity index (χ3n) is 2.63. The molecule has 0 radical (unpaired) electrons. The molecule has 0 aliphatic carbocycles. The predicted molar refractivity (Wildman–Crippen MR) is 65.8 cm³/mol. The van der Waals surface area contributed by atoms with E-state index in [4.69, 9.17) is 9.63 Å². The van der Waals surface area contributed by atoms with Crippen LogP contribution in [0.4, 0.5) is 0 Å². The van der Waals surface area contributed by atoms with Crippen molar-refractivity contribution < 1.29 is 19.2 Å². The van der Waals surface area contributed by atoms with E-state index in [1.54, 1.807) is 6.07 Å². The number of amides is 1. The summed E-state index contributed by atoms with van der Waals surface area (Å²) in [5, 5.41) is 15.6. The van der Waals surface area contributed by atoms with Crippen LogP contribution in [0.1, 0.15) is 29.4 Å². The van der Waals surface area contributed by atoms with Gasteiger partial charge < -0.3 is 14.9 Å². The maximum absolute atomic E-state index is 11.8. The second-order valence-corrected chi connectivity index (χ2v) is 3.96. The fourth-order valence-electron chi connectivity index (χ4n) is 1.64. The van der Waals surface area contributed by atoms with Crippen LogP contribution in [-0.2, 0) is 11.2 Å². The molecule has 0 spiro atoms. The molecule has 0 bridgehead atoms. The highest BCUT2D eigenvalue weighted by Gasteiger charge is 2.12. The topological polar surface area (TPSA) is 105 Å². The minimum Gasteiger partial charge on any atom is -0.481 e. The lowest BCUT2D eigenvalue weighted by Gasteiger charge is -2.02. The summed E-state index contributed by atoms with van der Waals surface area (Å²) in [7, 11) is 0. The number of nitrogens with one attached hydrogen (secondary N) is 1. The summed E-state index contributed by atoms with van der Waals surface area (Å²) >= 11 is 0. The Kier molecular flexibility index (Phi) is 3.74. The van der Waals surface area contributed by atoms with Gasteiger partial charge in [-0.15, -0.1) is 0 Å². The second kappa shape index (κ2) is 5.47. The highest BCUT2D eigenvalue weighted by molar-refractivity contribution is 5.97. The Hall–Kier alpha value is -2.44. The average Bonchev–Trinajstić information content (AvgIpc) is 2.80. The van der Waals surface area contributed by atoms with Gasteiger partial charge in [0.25, 0.3) is 11.6 Å². The smallest absolute Gasteiger partial charge is 0.305 e. The summed E-state index contributed by atoms with van der Waals surface area (Å²) in [6.45, 7) is 2.01. The van der Waals surface area contributed by atoms with Crippen molar-refractivity contribution in [1.29, 1.82) is 0 Å². The molecule has 2 heterocycles. The Morgan fingerprint density at radius 1 is 1.47 bits per heavy atom. The van der Waals surface area contributed by atoms with Crippen LogP contribution >= 0.6 is 0 Å². The van der Waals surface area contributed by atoms with Crippen LogP contribution in [0.15, 0.2) is 16.8 Å². The lowest BCUT2D eigenvalue weighted by Crippen LogP contribution is -2.26. The zero-order valence-corrected chi connectivity index (χ0v) is 10.3. The number of rotatable bonds is 5. The molecule has 2 N–H and O–H groups in total. The highest BCUT2D eigenvalue weighted by atomic mass is 16.5. The number of hydrogen-bond acceptors (Lipinski definition) is 5. The number of fused-ring (bicyclic) bond motifs is 1. The van der Waals surface area contributed by atoms with Crippen LogP contribution in [-0.4, -0.2) is 33.7 Å². The lowest BCUT2D eigenvalue weighted by molar-refractivity contribution is -0.136. The van der Waals surface area contributed by atoms with E-state index in [-0.39, 0.29) is 18.9 Å². The van der Waals surface area contributed by atoms with Gasteiger partial charge in [-0.1, -0.05) is 12.1 Å². The fraction of sp³-hybridized carbons (Fsp3) is 0.333. The van der Waals surface area contributed by atoms with Crippen LogP contribution in [0.3, 0.4) is 0 Å². The van der Waals surface area contributed by atoms with Gasteiger partial charge in [-0.05, 0) is 12.5 Å². The van der Waals surface area contributed by atoms with Crippen molar-refractivity contribution in [2.24, 2.45) is 0 Å². The van der Waals surface area contributed by atoms with Gasteiger partial charge >= 0.3 is 5.97 Å². The zero-order valence-electron chi connectivity index (χ0n) is 10.3. The molecule has 7 heteroatoms. The van der Waals surface area contributed by atoms with Gasteiger partial charge in [-0.25, -0.2) is 4.98 Å². The van der Waals surface area contributed by atoms with E-state index in [2.05, 4.69) is 15.5 Å². The predicted octanol–water partition coefficient (Wildman–Crippen LogP) is 0.990. The summed E-state index contributed by atoms with van der Waals surface area (Å²) in [5.41, 5.74) is 1.48. The lowest BCUT2D eigenvalue weighted by atomic mass is 10.1. The summed E-state index contributed by atoms with van der Waals surface area (Å²) < 4.78 is 5.02. The summed E-state index contributed by atoms with van der Waals surface area (Å²) in [6, 6.07) is 1.65. The van der Waals surface area contributed by atoms with E-state index in [0.29, 0.717) is 23.1 Å². The first-order valence-corrected chi connectivity index (χ1v) is 5.86. The second-order valence-electron chi connectivity index (χ2n) is 3.96. The molecule has 0 fully saturated rings. The number of hydrogen-bond donors (Lipinski definition) is 2. The highest BCUT2D eigenvalue weighted by Crippen LogP contribution is 2.18. The molecular formula is C12H13N3O4. The molecule has 7 nitrogen and oxygen atoms in total. The van der Waals surface area contributed by atoms with Gasteiger partial charge in [-0.3, -0.25) is 9.59 Å². The average molecular weight is 263 g/mol. The minimum atomic E-state index is -0.957. The molecule has 0 aliphatic rings. The van der Waals surface area contributed by atoms with Crippen molar-refractivity contribution in [3.63, 3.8) is 0 Å². The standard InChI is InChI=1S/C12H13N3O4/c1-2-9-8-5-7(6-14-12(8)19-15-9)11(18)13-4-3-10(16)17/h5-6H,2-4H2,1H3,(H,13,18)(H,16,17). The quantitative estimate of drug-likeness (QED) is 0.833. The van der Waals surface area contributed by atoms with Crippen molar-refractivity contribution in [2.45, 2.75) is 19.8 Å². The molecule has 19 heavy (non-hydrogen) atoms. The molecule has 2 aromatic rings. The number of carbonyl (C=O) groups is 2. The summed E-state index contributed by atoms with van der Waals surface area (Å²) in [4.78, 5) is 26.2. The van der Waals surface area contributed by atoms with E-state index in [1.165, 1.54) is 6.20 Å². The van der Waals surface area contributed by atoms with Crippen molar-refractivity contribution in [3.8, 4) is 0 Å². The van der Waals surface area contributed by atoms with E-state index < -0.39 is 5.97 Å². The number of carbonyl (C=O) groups excluding carboxylic acids is 1. The van der Waals surface area contributed by atoms with Crippen LogP contribution in [0.2, 0.25) is 0 Å². The van der Waals surface area contributed by atoms with Gasteiger partial charge in [0, 0.05) is 12.7 Å². The number of aliphatic carboxylic acids is 1. The molecule has 2 rings (SSSR count). The van der Waals surface area contributed by atoms with E-state index in [0.717, 1.165) is 5.69 Å². The molecule has 0 atom stereocenters. The Labute approximate surface area is 108 Å². The third-order valence-corrected chi connectivity index (χ3v) is 2.63. The number of nitrogens with zero attached hydrogens (tertiary/aromatic N) is 2. The van der Waals surface area contributed by atoms with Crippen molar-refractivity contribution in [1.82, 2.24) is 15.5 Å². The molecule has 0 aliphatic heterocycles. The first kappa shape index (κ1) is 13.0. The van der Waals surface area contributed by atoms with Crippen molar-refractivity contribution in [3.05, 3.63) is 23.5 Å². The van der Waals surface area contributed by atoms with Crippen LogP contribution in [0.5, 0.6) is 0 Å². The maximum Gasteiger partial charge on any atom is 0.305 e. The third kappa shape index (κ3) is 2.87. The largest absolute Gasteiger partial charge is 0.481 e. The van der Waals surface area contributed by atoms with Gasteiger partial charge in [0.15, 0.2) is 0 Å². The molecule has 100 valence electrons. The Morgan fingerprint density at radius 2 is 2.26 bits per heavy atom. The number of pyridine rings is 1. The van der Waals surface area contributed by atoms with Gasteiger partial charge in [0.05, 0.1) is 23.1 Å². The normalized spacial score (nSPS) is 10.6. The number of aromatic nitrogens is 2. The van der Waals surface area contributed by atoms with Crippen molar-refractivity contribution in [2.75, 3.05) is 6.54 Å². The molecule has 2 aromatic heterocycles. The molecule has 0 aromatic carbocycles. The first-order chi connectivity index (χ1) is 9.11. The number of carboxylic acids is 1. The first-order valence-electron chi connectivity index (χ1n) is 5.86. The Balaban J connectivity index is 2.15. The summed E-state index contributed by atoms with van der Waals surface area (Å²) in [5.74, 6) is -1.32. The number of carboxylic acid groups (broad SMARTS) is 1. The van der Waals surface area contributed by atoms with Crippen LogP contribution in [0.25, 0.3) is 11.1 Å². The van der Waals surface area contributed by atoms with E-state index >= 15 is 0 Å². The van der Waals surface area contributed by atoms with Gasteiger partial charge in [-0.2, -0.15) is 0 Å². The molecule has 0 unspecified atom stereocenters. The molecule has 1 amide bonds. The monoisotopic (exact) mass is 263 g/mol. The Bertz CT molecular complexity index is 620. The van der Waals surface area contributed by atoms with E-state index in [1.807, 2.05) is 6.92 Å². The SMILES string of the molecule is CCc1noc2ncc(C(=O)NCCC(=O)O)cc12. The van der Waals surface area contributed by atoms with Crippen molar-refractivity contribution >= 4 is 23.0 Å². The summed E-state index contributed by atoms with van der Waals surface area (Å²) in [6.07, 6.45) is 1.94. The zero-order chi connectivity index (χ0) is 13.8. The maximum atomic E-state index is 11.8. The fourth-order valence-corrected chi connectivity index (χ4v) is 1.64. The van der Waals surface area contributed by atoms with Crippen LogP contribution < -0.4 is 5.32 Å². The molecule has 0 saturated heterocycles. The van der Waals surface area contributed by atoms with E-state index in [9.17, 15) is 9.59 Å². The minimum absolute atomic E-state index is 0.0798. The van der Waals surface area contributed by atoms with Gasteiger partial charge in [0.1, 0.15) is 0 Å². The molecular weight excluding hydrogens is 250 g/mol. The van der Waals surface area contributed by atoms with Crippen LogP contribution in [0, 0.1) is 0 Å². The van der Waals surface area contributed by atoms with Gasteiger partial charge in [0.2, 0.25) is 0 Å². The number of aryl methyl sites for hydroxylation is 1. The Morgan fingerprint density at radius 3 is 2.95 bits per heavy atom.